The summed E-state index contributed by atoms with van der Waals surface area (Å²) in [5, 5.41) is 8.76. The van der Waals surface area contributed by atoms with Crippen LogP contribution in [0.2, 0.25) is 5.15 Å². The van der Waals surface area contributed by atoms with Crippen molar-refractivity contribution in [3.8, 4) is 0 Å². The van der Waals surface area contributed by atoms with Gasteiger partial charge in [-0.2, -0.15) is 5.10 Å². The molecule has 2 heterocycles. The zero-order valence-electron chi connectivity index (χ0n) is 16.1. The number of nitrogens with one attached hydrogen (secondary N) is 1. The molecule has 0 fully saturated rings. The van der Waals surface area contributed by atoms with E-state index in [1.807, 2.05) is 40.8 Å². The lowest BCUT2D eigenvalue weighted by Crippen LogP contribution is -2.47. The number of carbonyl (C=O) groups excluding carboxylic acids is 1. The molecule has 2 aromatic rings. The minimum Gasteiger partial charge on any atom is -0.361 e. The summed E-state index contributed by atoms with van der Waals surface area (Å²) in [5.74, 6) is 0.470. The van der Waals surface area contributed by atoms with Crippen LogP contribution in [0, 0.1) is 12.8 Å². The Bertz CT molecular complexity index is 814. The first kappa shape index (κ1) is 18.8. The van der Waals surface area contributed by atoms with Crippen molar-refractivity contribution in [3.63, 3.8) is 0 Å². The van der Waals surface area contributed by atoms with Gasteiger partial charge in [0.15, 0.2) is 0 Å². The standard InChI is InChI=1S/C20H27ClN4O/c1-6-13(4)25-19(22-16-10-8-7-9-15(16)20(25)26)17-14(5)23-24(18(17)21)11-12(2)3/h7-10,12-13,19,22H,6,11H2,1-5H3/t13-,19+/m0/s1. The molecule has 5 nitrogen and oxygen atoms in total. The number of amides is 1. The summed E-state index contributed by atoms with van der Waals surface area (Å²) in [6.07, 6.45) is 0.545. The zero-order valence-corrected chi connectivity index (χ0v) is 16.8. The fraction of sp³-hybridized carbons (Fsp3) is 0.500. The van der Waals surface area contributed by atoms with Crippen LogP contribution in [0.15, 0.2) is 24.3 Å². The number of benzene rings is 1. The van der Waals surface area contributed by atoms with Gasteiger partial charge in [-0.3, -0.25) is 9.48 Å². The molecular formula is C20H27ClN4O. The molecule has 0 aliphatic carbocycles. The van der Waals surface area contributed by atoms with E-state index < -0.39 is 0 Å². The van der Waals surface area contributed by atoms with Gasteiger partial charge in [0.2, 0.25) is 0 Å². The summed E-state index contributed by atoms with van der Waals surface area (Å²) >= 11 is 6.72. The first-order valence-corrected chi connectivity index (χ1v) is 9.63. The molecule has 1 N–H and O–H groups in total. The molecule has 6 heteroatoms. The van der Waals surface area contributed by atoms with Crippen LogP contribution in [0.3, 0.4) is 0 Å². The molecular weight excluding hydrogens is 348 g/mol. The fourth-order valence-corrected chi connectivity index (χ4v) is 3.82. The lowest BCUT2D eigenvalue weighted by atomic mass is 10.0. The van der Waals surface area contributed by atoms with Crippen molar-refractivity contribution in [2.75, 3.05) is 5.32 Å². The van der Waals surface area contributed by atoms with E-state index >= 15 is 0 Å². The largest absolute Gasteiger partial charge is 0.361 e. The van der Waals surface area contributed by atoms with Crippen molar-refractivity contribution >= 4 is 23.2 Å². The first-order chi connectivity index (χ1) is 12.3. The van der Waals surface area contributed by atoms with Gasteiger partial charge in [0.25, 0.3) is 5.91 Å². The van der Waals surface area contributed by atoms with E-state index in [-0.39, 0.29) is 18.1 Å². The van der Waals surface area contributed by atoms with Gasteiger partial charge in [-0.05, 0) is 38.3 Å². The summed E-state index contributed by atoms with van der Waals surface area (Å²) in [5.41, 5.74) is 3.28. The Hall–Kier alpha value is -2.01. The Morgan fingerprint density at radius 3 is 2.62 bits per heavy atom. The lowest BCUT2D eigenvalue weighted by molar-refractivity contribution is 0.0593. The molecule has 0 saturated carbocycles. The van der Waals surface area contributed by atoms with Crippen LogP contribution in [0.25, 0.3) is 0 Å². The Labute approximate surface area is 160 Å². The van der Waals surface area contributed by atoms with Crippen LogP contribution in [-0.4, -0.2) is 26.6 Å². The summed E-state index contributed by atoms with van der Waals surface area (Å²) in [7, 11) is 0. The molecule has 1 aliphatic heterocycles. The number of halogens is 1. The maximum atomic E-state index is 13.2. The number of para-hydroxylation sites is 1. The molecule has 0 radical (unpaired) electrons. The zero-order chi connectivity index (χ0) is 19.0. The van der Waals surface area contributed by atoms with Crippen LogP contribution < -0.4 is 5.32 Å². The highest BCUT2D eigenvalue weighted by Gasteiger charge is 2.38. The van der Waals surface area contributed by atoms with Crippen molar-refractivity contribution in [2.45, 2.75) is 59.8 Å². The molecule has 140 valence electrons. The Morgan fingerprint density at radius 1 is 1.27 bits per heavy atom. The predicted octanol–water partition coefficient (Wildman–Crippen LogP) is 4.87. The molecule has 0 unspecified atom stereocenters. The first-order valence-electron chi connectivity index (χ1n) is 9.26. The topological polar surface area (TPSA) is 50.2 Å². The van der Waals surface area contributed by atoms with E-state index in [9.17, 15) is 4.79 Å². The molecule has 26 heavy (non-hydrogen) atoms. The average molecular weight is 375 g/mol. The van der Waals surface area contributed by atoms with Crippen LogP contribution in [0.1, 0.15) is 61.9 Å². The molecule has 1 aliphatic rings. The molecule has 1 amide bonds. The van der Waals surface area contributed by atoms with Crippen LogP contribution in [0.5, 0.6) is 0 Å². The molecule has 3 rings (SSSR count). The van der Waals surface area contributed by atoms with Crippen molar-refractivity contribution < 1.29 is 4.79 Å². The van der Waals surface area contributed by atoms with Crippen LogP contribution in [0.4, 0.5) is 5.69 Å². The lowest BCUT2D eigenvalue weighted by Gasteiger charge is -2.41. The number of carbonyl (C=O) groups is 1. The number of hydrogen-bond acceptors (Lipinski definition) is 3. The van der Waals surface area contributed by atoms with Crippen LogP contribution >= 0.6 is 11.6 Å². The quantitative estimate of drug-likeness (QED) is 0.812. The van der Waals surface area contributed by atoms with E-state index in [4.69, 9.17) is 11.6 Å². The van der Waals surface area contributed by atoms with Crippen molar-refractivity contribution in [2.24, 2.45) is 5.92 Å². The highest BCUT2D eigenvalue weighted by molar-refractivity contribution is 6.30. The number of aromatic nitrogens is 2. The van der Waals surface area contributed by atoms with Gasteiger partial charge in [-0.25, -0.2) is 0 Å². The number of rotatable bonds is 5. The van der Waals surface area contributed by atoms with Gasteiger partial charge in [0.05, 0.1) is 16.8 Å². The fourth-order valence-electron chi connectivity index (χ4n) is 3.48. The van der Waals surface area contributed by atoms with Crippen molar-refractivity contribution in [1.29, 1.82) is 0 Å². The Kier molecular flexibility index (Phi) is 5.28. The maximum Gasteiger partial charge on any atom is 0.258 e. The van der Waals surface area contributed by atoms with Gasteiger partial charge in [-0.15, -0.1) is 0 Å². The molecule has 1 aromatic carbocycles. The highest BCUT2D eigenvalue weighted by atomic mass is 35.5. The molecule has 0 bridgehead atoms. The third-order valence-electron chi connectivity index (χ3n) is 4.95. The molecule has 0 saturated heterocycles. The number of anilines is 1. The number of nitrogens with zero attached hydrogens (tertiary/aromatic N) is 3. The monoisotopic (exact) mass is 374 g/mol. The second-order valence-electron chi connectivity index (χ2n) is 7.43. The van der Waals surface area contributed by atoms with E-state index in [1.54, 1.807) is 0 Å². The van der Waals surface area contributed by atoms with Crippen molar-refractivity contribution in [3.05, 3.63) is 46.2 Å². The minimum atomic E-state index is -0.319. The normalized spacial score (nSPS) is 18.0. The van der Waals surface area contributed by atoms with Crippen LogP contribution in [-0.2, 0) is 6.54 Å². The Morgan fingerprint density at radius 2 is 1.96 bits per heavy atom. The maximum absolute atomic E-state index is 13.2. The van der Waals surface area contributed by atoms with E-state index in [0.717, 1.165) is 29.9 Å². The second kappa shape index (κ2) is 7.31. The molecule has 2 atom stereocenters. The molecule has 1 aromatic heterocycles. The SMILES string of the molecule is CC[C@H](C)N1C(=O)c2ccccc2N[C@H]1c1c(C)nn(CC(C)C)c1Cl. The summed E-state index contributed by atoms with van der Waals surface area (Å²) in [4.78, 5) is 15.1. The molecule has 0 spiro atoms. The van der Waals surface area contributed by atoms with E-state index in [0.29, 0.717) is 16.6 Å². The number of hydrogen-bond donors (Lipinski definition) is 1. The van der Waals surface area contributed by atoms with Gasteiger partial charge in [0.1, 0.15) is 11.3 Å². The number of fused-ring (bicyclic) bond motifs is 1. The summed E-state index contributed by atoms with van der Waals surface area (Å²) in [6.45, 7) is 11.1. The third-order valence-corrected chi connectivity index (χ3v) is 5.35. The summed E-state index contributed by atoms with van der Waals surface area (Å²) in [6, 6.07) is 7.72. The van der Waals surface area contributed by atoms with Gasteiger partial charge < -0.3 is 10.2 Å². The van der Waals surface area contributed by atoms with Gasteiger partial charge in [0, 0.05) is 18.3 Å². The van der Waals surface area contributed by atoms with Gasteiger partial charge in [-0.1, -0.05) is 44.5 Å². The van der Waals surface area contributed by atoms with Gasteiger partial charge >= 0.3 is 0 Å². The highest BCUT2D eigenvalue weighted by Crippen LogP contribution is 2.39. The second-order valence-corrected chi connectivity index (χ2v) is 7.79. The third kappa shape index (κ3) is 3.20. The predicted molar refractivity (Wildman–Crippen MR) is 106 cm³/mol. The van der Waals surface area contributed by atoms with E-state index in [1.165, 1.54) is 0 Å². The smallest absolute Gasteiger partial charge is 0.258 e. The average Bonchev–Trinajstić information content (AvgIpc) is 2.87. The van der Waals surface area contributed by atoms with Crippen molar-refractivity contribution in [1.82, 2.24) is 14.7 Å². The Balaban J connectivity index is 2.10. The minimum absolute atomic E-state index is 0.0331. The van der Waals surface area contributed by atoms with E-state index in [2.05, 4.69) is 38.1 Å². The summed E-state index contributed by atoms with van der Waals surface area (Å²) < 4.78 is 1.85. The number of aryl methyl sites for hydroxylation is 1.